The Morgan fingerprint density at radius 1 is 1.32 bits per heavy atom. The van der Waals surface area contributed by atoms with Crippen LogP contribution in [0.1, 0.15) is 12.8 Å². The van der Waals surface area contributed by atoms with Crippen molar-refractivity contribution in [3.63, 3.8) is 0 Å². The van der Waals surface area contributed by atoms with Gasteiger partial charge in [0.25, 0.3) is 0 Å². The predicted octanol–water partition coefficient (Wildman–Crippen LogP) is 0.193. The topological polar surface area (TPSA) is 92.5 Å². The van der Waals surface area contributed by atoms with Crippen molar-refractivity contribution >= 4 is 15.9 Å². The summed E-state index contributed by atoms with van der Waals surface area (Å²) >= 11 is 0. The molecule has 1 fully saturated rings. The van der Waals surface area contributed by atoms with Crippen molar-refractivity contribution in [3.8, 4) is 0 Å². The maximum absolute atomic E-state index is 13.6. The number of benzene rings is 1. The number of carbonyl (C=O) groups excluding carboxylic acids is 1. The van der Waals surface area contributed by atoms with E-state index in [2.05, 4.69) is 4.72 Å². The van der Waals surface area contributed by atoms with Gasteiger partial charge < -0.3 is 5.73 Å². The van der Waals surface area contributed by atoms with Crippen LogP contribution in [-0.2, 0) is 14.8 Å². The fraction of sp³-hybridized carbons (Fsp3) is 0.462. The van der Waals surface area contributed by atoms with Crippen molar-refractivity contribution in [2.24, 2.45) is 5.73 Å². The summed E-state index contributed by atoms with van der Waals surface area (Å²) in [6, 6.07) is 1.96. The van der Waals surface area contributed by atoms with Crippen molar-refractivity contribution in [2.75, 3.05) is 19.6 Å². The molecule has 0 bridgehead atoms. The van der Waals surface area contributed by atoms with Crippen LogP contribution in [-0.4, -0.2) is 44.9 Å². The van der Waals surface area contributed by atoms with Gasteiger partial charge in [-0.15, -0.1) is 0 Å². The zero-order valence-electron chi connectivity index (χ0n) is 11.8. The standard InChI is InChI=1S/C13H17F2N3O3S/c14-9-1-2-12(11(15)7-9)22(20,21)17-10-3-5-18(6-4-10)8-13(16)19/h1-2,7,10,17H,3-6,8H2,(H2,16,19). The molecule has 1 saturated heterocycles. The largest absolute Gasteiger partial charge is 0.369 e. The molecule has 1 amide bonds. The fourth-order valence-electron chi connectivity index (χ4n) is 2.41. The Morgan fingerprint density at radius 2 is 1.95 bits per heavy atom. The quantitative estimate of drug-likeness (QED) is 0.805. The molecule has 1 aliphatic heterocycles. The molecular formula is C13H17F2N3O3S. The minimum atomic E-state index is -4.05. The molecule has 0 atom stereocenters. The van der Waals surface area contributed by atoms with Gasteiger partial charge in [0.05, 0.1) is 6.54 Å². The van der Waals surface area contributed by atoms with E-state index in [1.165, 1.54) is 0 Å². The maximum Gasteiger partial charge on any atom is 0.243 e. The van der Waals surface area contributed by atoms with Crippen LogP contribution in [0.3, 0.4) is 0 Å². The average Bonchev–Trinajstić information content (AvgIpc) is 2.39. The average molecular weight is 333 g/mol. The number of nitrogens with zero attached hydrogens (tertiary/aromatic N) is 1. The summed E-state index contributed by atoms with van der Waals surface area (Å²) in [5.74, 6) is -2.40. The number of hydrogen-bond donors (Lipinski definition) is 2. The van der Waals surface area contributed by atoms with Crippen LogP contribution in [0, 0.1) is 11.6 Å². The van der Waals surface area contributed by atoms with E-state index in [-0.39, 0.29) is 12.6 Å². The van der Waals surface area contributed by atoms with Crippen molar-refractivity contribution in [1.82, 2.24) is 9.62 Å². The molecule has 1 aliphatic rings. The van der Waals surface area contributed by atoms with Crippen LogP contribution in [0.2, 0.25) is 0 Å². The first-order valence-electron chi connectivity index (χ1n) is 6.76. The van der Waals surface area contributed by atoms with Gasteiger partial charge in [0.2, 0.25) is 15.9 Å². The summed E-state index contributed by atoms with van der Waals surface area (Å²) in [7, 11) is -4.05. The van der Waals surface area contributed by atoms with Gasteiger partial charge in [-0.1, -0.05) is 0 Å². The molecule has 2 rings (SSSR count). The lowest BCUT2D eigenvalue weighted by Crippen LogP contribution is -2.46. The molecule has 0 aromatic heterocycles. The third-order valence-corrected chi connectivity index (χ3v) is 5.03. The smallest absolute Gasteiger partial charge is 0.243 e. The SMILES string of the molecule is NC(=O)CN1CCC(NS(=O)(=O)c2ccc(F)cc2F)CC1. The lowest BCUT2D eigenvalue weighted by molar-refractivity contribution is -0.119. The Kier molecular flexibility index (Phi) is 5.09. The number of nitrogens with two attached hydrogens (primary N) is 1. The molecule has 1 aromatic carbocycles. The summed E-state index contributed by atoms with van der Waals surface area (Å²) < 4.78 is 53.1. The number of rotatable bonds is 5. The van der Waals surface area contributed by atoms with E-state index >= 15 is 0 Å². The summed E-state index contributed by atoms with van der Waals surface area (Å²) in [5.41, 5.74) is 5.10. The van der Waals surface area contributed by atoms with Crippen LogP contribution in [0.5, 0.6) is 0 Å². The zero-order valence-corrected chi connectivity index (χ0v) is 12.6. The Labute approximate surface area is 127 Å². The summed E-state index contributed by atoms with van der Waals surface area (Å²) in [4.78, 5) is 12.1. The second kappa shape index (κ2) is 6.67. The second-order valence-electron chi connectivity index (χ2n) is 5.21. The highest BCUT2D eigenvalue weighted by Gasteiger charge is 2.27. The molecule has 6 nitrogen and oxygen atoms in total. The Morgan fingerprint density at radius 3 is 2.50 bits per heavy atom. The number of primary amides is 1. The molecule has 122 valence electrons. The molecule has 22 heavy (non-hydrogen) atoms. The van der Waals surface area contributed by atoms with Gasteiger partial charge in [-0.3, -0.25) is 9.69 Å². The van der Waals surface area contributed by atoms with Crippen molar-refractivity contribution in [2.45, 2.75) is 23.8 Å². The van der Waals surface area contributed by atoms with E-state index in [4.69, 9.17) is 5.73 Å². The van der Waals surface area contributed by atoms with Crippen molar-refractivity contribution < 1.29 is 22.0 Å². The van der Waals surface area contributed by atoms with Gasteiger partial charge in [0, 0.05) is 25.2 Å². The van der Waals surface area contributed by atoms with Gasteiger partial charge >= 0.3 is 0 Å². The molecule has 0 spiro atoms. The van der Waals surface area contributed by atoms with Crippen LogP contribution in [0.4, 0.5) is 8.78 Å². The van der Waals surface area contributed by atoms with Crippen molar-refractivity contribution in [3.05, 3.63) is 29.8 Å². The summed E-state index contributed by atoms with van der Waals surface area (Å²) in [6.07, 6.45) is 0.963. The van der Waals surface area contributed by atoms with Gasteiger partial charge in [-0.05, 0) is 25.0 Å². The van der Waals surface area contributed by atoms with Crippen molar-refractivity contribution in [1.29, 1.82) is 0 Å². The second-order valence-corrected chi connectivity index (χ2v) is 6.90. The highest BCUT2D eigenvalue weighted by Crippen LogP contribution is 2.18. The highest BCUT2D eigenvalue weighted by molar-refractivity contribution is 7.89. The number of sulfonamides is 1. The minimum absolute atomic E-state index is 0.131. The Balaban J connectivity index is 2.00. The molecule has 0 saturated carbocycles. The summed E-state index contributed by atoms with van der Waals surface area (Å²) in [6.45, 7) is 1.16. The molecule has 1 aromatic rings. The van der Waals surface area contributed by atoms with Gasteiger partial charge in [-0.2, -0.15) is 0 Å². The Bertz CT molecular complexity index is 658. The molecule has 3 N–H and O–H groups in total. The monoisotopic (exact) mass is 333 g/mol. The normalized spacial score (nSPS) is 17.5. The number of carbonyl (C=O) groups is 1. The first kappa shape index (κ1) is 16.8. The Hall–Kier alpha value is -1.58. The molecule has 0 aliphatic carbocycles. The maximum atomic E-state index is 13.6. The first-order valence-corrected chi connectivity index (χ1v) is 8.24. The fourth-order valence-corrected chi connectivity index (χ4v) is 3.77. The van der Waals surface area contributed by atoms with E-state index in [0.717, 1.165) is 12.1 Å². The van der Waals surface area contributed by atoms with Gasteiger partial charge in [0.15, 0.2) is 0 Å². The van der Waals surface area contributed by atoms with Crippen LogP contribution in [0.25, 0.3) is 0 Å². The number of hydrogen-bond acceptors (Lipinski definition) is 4. The molecular weight excluding hydrogens is 316 g/mol. The first-order chi connectivity index (χ1) is 10.3. The van der Waals surface area contributed by atoms with E-state index in [1.54, 1.807) is 0 Å². The number of likely N-dealkylation sites (tertiary alicyclic amines) is 1. The van der Waals surface area contributed by atoms with Gasteiger partial charge in [0.1, 0.15) is 16.5 Å². The van der Waals surface area contributed by atoms with E-state index in [0.29, 0.717) is 32.0 Å². The van der Waals surface area contributed by atoms with E-state index in [1.807, 2.05) is 4.90 Å². The minimum Gasteiger partial charge on any atom is -0.369 e. The molecule has 0 unspecified atom stereocenters. The summed E-state index contributed by atoms with van der Waals surface area (Å²) in [5, 5.41) is 0. The molecule has 0 radical (unpaired) electrons. The number of nitrogens with one attached hydrogen (secondary N) is 1. The van der Waals surface area contributed by atoms with Crippen LogP contribution >= 0.6 is 0 Å². The zero-order chi connectivity index (χ0) is 16.3. The lowest BCUT2D eigenvalue weighted by Gasteiger charge is -2.31. The molecule has 9 heteroatoms. The highest BCUT2D eigenvalue weighted by atomic mass is 32.2. The van der Waals surface area contributed by atoms with E-state index in [9.17, 15) is 22.0 Å². The van der Waals surface area contributed by atoms with Gasteiger partial charge in [-0.25, -0.2) is 21.9 Å². The number of halogens is 2. The lowest BCUT2D eigenvalue weighted by atomic mass is 10.1. The van der Waals surface area contributed by atoms with Crippen LogP contribution < -0.4 is 10.5 Å². The predicted molar refractivity (Wildman–Crippen MR) is 75.3 cm³/mol. The molecule has 1 heterocycles. The number of piperidine rings is 1. The van der Waals surface area contributed by atoms with E-state index < -0.39 is 32.5 Å². The van der Waals surface area contributed by atoms with Crippen LogP contribution in [0.15, 0.2) is 23.1 Å². The third kappa shape index (κ3) is 4.21. The number of amides is 1. The third-order valence-electron chi connectivity index (χ3n) is 3.47.